The number of thiophene rings is 1. The van der Waals surface area contributed by atoms with E-state index in [1.54, 1.807) is 11.3 Å². The molecule has 0 bridgehead atoms. The van der Waals surface area contributed by atoms with Gasteiger partial charge in [0.15, 0.2) is 5.65 Å². The first-order valence-corrected chi connectivity index (χ1v) is 7.15. The lowest BCUT2D eigenvalue weighted by atomic mass is 10.3. The fourth-order valence-corrected chi connectivity index (χ4v) is 3.36. The third kappa shape index (κ3) is 2.11. The minimum Gasteiger partial charge on any atom is -0.369 e. The molecule has 0 spiro atoms. The molecule has 3 rings (SSSR count). The van der Waals surface area contributed by atoms with Gasteiger partial charge in [0.25, 0.3) is 0 Å². The number of hydrogen-bond donors (Lipinski definition) is 1. The van der Waals surface area contributed by atoms with E-state index in [0.29, 0.717) is 5.95 Å². The second-order valence-corrected chi connectivity index (χ2v) is 6.26. The van der Waals surface area contributed by atoms with Crippen LogP contribution in [-0.2, 0) is 20.0 Å². The summed E-state index contributed by atoms with van der Waals surface area (Å²) in [6, 6.07) is 3.97. The number of anilines is 1. The minimum atomic E-state index is 0.536. The summed E-state index contributed by atoms with van der Waals surface area (Å²) in [6.45, 7) is 2.72. The summed E-state index contributed by atoms with van der Waals surface area (Å²) in [5.74, 6) is 0.536. The molecule has 0 fully saturated rings. The monoisotopic (exact) mass is 295 g/mol. The summed E-state index contributed by atoms with van der Waals surface area (Å²) >= 11 is 7.54. The first kappa shape index (κ1) is 12.5. The van der Waals surface area contributed by atoms with Crippen LogP contribution in [0.5, 0.6) is 0 Å². The van der Waals surface area contributed by atoms with Gasteiger partial charge < -0.3 is 5.73 Å². The average molecular weight is 296 g/mol. The Kier molecular flexibility index (Phi) is 2.99. The van der Waals surface area contributed by atoms with E-state index in [1.807, 2.05) is 35.4 Å². The number of nitrogens with zero attached hydrogens (tertiary/aromatic N) is 4. The molecule has 0 aliphatic carbocycles. The molecule has 0 aliphatic rings. The molecule has 0 amide bonds. The van der Waals surface area contributed by atoms with E-state index in [1.165, 1.54) is 4.88 Å². The van der Waals surface area contributed by atoms with Crippen LogP contribution in [0.2, 0.25) is 4.34 Å². The molecule has 7 heteroatoms. The molecule has 0 aromatic carbocycles. The van der Waals surface area contributed by atoms with E-state index in [2.05, 4.69) is 10.1 Å². The van der Waals surface area contributed by atoms with Gasteiger partial charge in [-0.25, -0.2) is 4.98 Å². The van der Waals surface area contributed by atoms with E-state index in [4.69, 9.17) is 17.3 Å². The van der Waals surface area contributed by atoms with Crippen LogP contribution < -0.4 is 5.73 Å². The van der Waals surface area contributed by atoms with Gasteiger partial charge in [0.2, 0.25) is 5.95 Å². The second-order valence-electron chi connectivity index (χ2n) is 4.46. The number of aromatic nitrogens is 4. The zero-order valence-corrected chi connectivity index (χ0v) is 12.3. The fourth-order valence-electron chi connectivity index (χ4n) is 2.28. The highest BCUT2D eigenvalue weighted by Gasteiger charge is 2.15. The number of imidazole rings is 1. The summed E-state index contributed by atoms with van der Waals surface area (Å²) in [4.78, 5) is 5.63. The largest absolute Gasteiger partial charge is 0.369 e. The van der Waals surface area contributed by atoms with Crippen molar-refractivity contribution >= 4 is 40.0 Å². The number of rotatable bonds is 3. The van der Waals surface area contributed by atoms with E-state index in [0.717, 1.165) is 34.2 Å². The Hall–Kier alpha value is -1.53. The molecule has 19 heavy (non-hydrogen) atoms. The van der Waals surface area contributed by atoms with Crippen molar-refractivity contribution in [3.8, 4) is 0 Å². The number of fused-ring (bicyclic) bond motifs is 1. The van der Waals surface area contributed by atoms with Crippen molar-refractivity contribution in [2.45, 2.75) is 19.9 Å². The normalized spacial score (nSPS) is 11.5. The van der Waals surface area contributed by atoms with E-state index < -0.39 is 0 Å². The predicted octanol–water partition coefficient (Wildman–Crippen LogP) is 2.62. The summed E-state index contributed by atoms with van der Waals surface area (Å²) < 4.78 is 4.65. The molecule has 100 valence electrons. The van der Waals surface area contributed by atoms with Crippen molar-refractivity contribution in [1.82, 2.24) is 19.3 Å². The Morgan fingerprint density at radius 3 is 2.89 bits per heavy atom. The minimum absolute atomic E-state index is 0.536. The van der Waals surface area contributed by atoms with Crippen LogP contribution in [0.3, 0.4) is 0 Å². The third-order valence-electron chi connectivity index (χ3n) is 3.13. The molecule has 3 heterocycles. The lowest BCUT2D eigenvalue weighted by molar-refractivity contribution is 0.683. The van der Waals surface area contributed by atoms with Crippen LogP contribution in [0.25, 0.3) is 11.2 Å². The number of aryl methyl sites for hydroxylation is 4. The zero-order chi connectivity index (χ0) is 13.6. The summed E-state index contributed by atoms with van der Waals surface area (Å²) in [5.41, 5.74) is 8.75. The third-order valence-corrected chi connectivity index (χ3v) is 4.42. The molecular formula is C12H14ClN5S. The van der Waals surface area contributed by atoms with Gasteiger partial charge in [-0.3, -0.25) is 9.25 Å². The average Bonchev–Trinajstić information content (AvgIpc) is 2.97. The van der Waals surface area contributed by atoms with Crippen molar-refractivity contribution < 1.29 is 0 Å². The van der Waals surface area contributed by atoms with Gasteiger partial charge in [-0.05, 0) is 25.5 Å². The maximum atomic E-state index is 5.99. The van der Waals surface area contributed by atoms with Crippen LogP contribution in [-0.4, -0.2) is 19.3 Å². The maximum Gasteiger partial charge on any atom is 0.202 e. The van der Waals surface area contributed by atoms with Crippen molar-refractivity contribution in [2.75, 3.05) is 5.73 Å². The van der Waals surface area contributed by atoms with Crippen molar-refractivity contribution in [3.63, 3.8) is 0 Å². The second kappa shape index (κ2) is 4.54. The Bertz CT molecular complexity index is 739. The van der Waals surface area contributed by atoms with Crippen LogP contribution in [0, 0.1) is 6.92 Å². The summed E-state index contributed by atoms with van der Waals surface area (Å²) in [5, 5.41) is 4.37. The number of nitrogen functional groups attached to an aromatic ring is 1. The van der Waals surface area contributed by atoms with Crippen LogP contribution in [0.1, 0.15) is 10.6 Å². The Morgan fingerprint density at radius 1 is 1.42 bits per heavy atom. The predicted molar refractivity (Wildman–Crippen MR) is 78.7 cm³/mol. The lowest BCUT2D eigenvalue weighted by Gasteiger charge is -2.05. The van der Waals surface area contributed by atoms with E-state index in [-0.39, 0.29) is 0 Å². The molecule has 3 aromatic heterocycles. The lowest BCUT2D eigenvalue weighted by Crippen LogP contribution is -2.08. The Morgan fingerprint density at radius 2 is 2.21 bits per heavy atom. The molecule has 3 aromatic rings. The van der Waals surface area contributed by atoms with E-state index in [9.17, 15) is 0 Å². The smallest absolute Gasteiger partial charge is 0.202 e. The standard InChI is InChI=1S/C12H14ClN5S/c1-7-10-11(17(2)16-7)18(12(14)15-10)6-5-8-3-4-9(13)19-8/h3-4H,5-6H2,1-2H3,(H2,14,15). The van der Waals surface area contributed by atoms with Gasteiger partial charge in [-0.2, -0.15) is 5.10 Å². The topological polar surface area (TPSA) is 61.7 Å². The van der Waals surface area contributed by atoms with Gasteiger partial charge in [0.1, 0.15) is 5.52 Å². The van der Waals surface area contributed by atoms with Crippen molar-refractivity contribution in [3.05, 3.63) is 27.0 Å². The van der Waals surface area contributed by atoms with Gasteiger partial charge in [-0.15, -0.1) is 11.3 Å². The molecule has 0 radical (unpaired) electrons. The van der Waals surface area contributed by atoms with Crippen LogP contribution >= 0.6 is 22.9 Å². The highest BCUT2D eigenvalue weighted by Crippen LogP contribution is 2.24. The number of halogens is 1. The van der Waals surface area contributed by atoms with E-state index >= 15 is 0 Å². The molecular weight excluding hydrogens is 282 g/mol. The van der Waals surface area contributed by atoms with Crippen molar-refractivity contribution in [2.24, 2.45) is 7.05 Å². The first-order valence-electron chi connectivity index (χ1n) is 5.96. The SMILES string of the molecule is Cc1nn(C)c2c1nc(N)n2CCc1ccc(Cl)s1. The highest BCUT2D eigenvalue weighted by molar-refractivity contribution is 7.16. The molecule has 0 atom stereocenters. The van der Waals surface area contributed by atoms with Crippen molar-refractivity contribution in [1.29, 1.82) is 0 Å². The zero-order valence-electron chi connectivity index (χ0n) is 10.7. The molecule has 0 unspecified atom stereocenters. The quantitative estimate of drug-likeness (QED) is 0.808. The van der Waals surface area contributed by atoms with Gasteiger partial charge in [0, 0.05) is 18.5 Å². The maximum absolute atomic E-state index is 5.99. The van der Waals surface area contributed by atoms with Crippen LogP contribution in [0.15, 0.2) is 12.1 Å². The molecule has 0 saturated carbocycles. The molecule has 5 nitrogen and oxygen atoms in total. The molecule has 0 saturated heterocycles. The summed E-state index contributed by atoms with van der Waals surface area (Å²) in [7, 11) is 1.91. The fraction of sp³-hybridized carbons (Fsp3) is 0.333. The van der Waals surface area contributed by atoms with Gasteiger partial charge in [0.05, 0.1) is 10.0 Å². The van der Waals surface area contributed by atoms with Gasteiger partial charge in [-0.1, -0.05) is 11.6 Å². The van der Waals surface area contributed by atoms with Gasteiger partial charge >= 0.3 is 0 Å². The number of nitrogens with two attached hydrogens (primary N) is 1. The number of hydrogen-bond acceptors (Lipinski definition) is 4. The molecule has 0 aliphatic heterocycles. The molecule has 2 N–H and O–H groups in total. The first-order chi connectivity index (χ1) is 9.06. The Balaban J connectivity index is 1.94. The summed E-state index contributed by atoms with van der Waals surface area (Å²) in [6.07, 6.45) is 0.886. The Labute approximate surface area is 119 Å². The van der Waals surface area contributed by atoms with Crippen LogP contribution in [0.4, 0.5) is 5.95 Å². The highest BCUT2D eigenvalue weighted by atomic mass is 35.5.